The molecule has 3 heterocycles. The van der Waals surface area contributed by atoms with E-state index < -0.39 is 5.97 Å². The van der Waals surface area contributed by atoms with Crippen molar-refractivity contribution < 1.29 is 9.90 Å². The standard InChI is InChI=1S/C14H17N3O2/c18-14(19)10-6-8-4-5-12(10)17(8)13-9-2-1-3-11(9)15-7-16-13/h7-8,10,12H,1-6H2,(H,18,19). The summed E-state index contributed by atoms with van der Waals surface area (Å²) in [6.45, 7) is 0. The highest BCUT2D eigenvalue weighted by Gasteiger charge is 2.50. The van der Waals surface area contributed by atoms with E-state index in [-0.39, 0.29) is 12.0 Å². The summed E-state index contributed by atoms with van der Waals surface area (Å²) in [5, 5.41) is 9.33. The van der Waals surface area contributed by atoms with Crippen LogP contribution in [0.2, 0.25) is 0 Å². The molecule has 1 aromatic rings. The van der Waals surface area contributed by atoms with E-state index in [1.807, 2.05) is 0 Å². The normalized spacial score (nSPS) is 31.8. The number of carboxylic acids is 1. The Kier molecular flexibility index (Phi) is 2.31. The number of rotatable bonds is 2. The topological polar surface area (TPSA) is 66.3 Å². The van der Waals surface area contributed by atoms with E-state index in [0.717, 1.165) is 44.3 Å². The first kappa shape index (κ1) is 11.2. The Bertz CT molecular complexity index is 545. The van der Waals surface area contributed by atoms with E-state index >= 15 is 0 Å². The van der Waals surface area contributed by atoms with Crippen molar-refractivity contribution in [3.8, 4) is 0 Å². The van der Waals surface area contributed by atoms with E-state index in [2.05, 4.69) is 14.9 Å². The van der Waals surface area contributed by atoms with Gasteiger partial charge in [0.15, 0.2) is 0 Å². The summed E-state index contributed by atoms with van der Waals surface area (Å²) >= 11 is 0. The average molecular weight is 259 g/mol. The van der Waals surface area contributed by atoms with Crippen molar-refractivity contribution in [1.29, 1.82) is 0 Å². The number of aliphatic carboxylic acids is 1. The number of aryl methyl sites for hydroxylation is 1. The van der Waals surface area contributed by atoms with E-state index in [4.69, 9.17) is 0 Å². The van der Waals surface area contributed by atoms with Gasteiger partial charge in [-0.25, -0.2) is 9.97 Å². The minimum atomic E-state index is -0.650. The van der Waals surface area contributed by atoms with Crippen molar-refractivity contribution in [2.45, 2.75) is 50.6 Å². The van der Waals surface area contributed by atoms with E-state index in [9.17, 15) is 9.90 Å². The molecule has 2 bridgehead atoms. The minimum Gasteiger partial charge on any atom is -0.481 e. The summed E-state index contributed by atoms with van der Waals surface area (Å²) in [5.74, 6) is 0.160. The molecule has 0 spiro atoms. The predicted octanol–water partition coefficient (Wildman–Crippen LogP) is 1.41. The molecule has 19 heavy (non-hydrogen) atoms. The van der Waals surface area contributed by atoms with E-state index in [1.165, 1.54) is 11.3 Å². The maximum absolute atomic E-state index is 11.3. The zero-order valence-corrected chi connectivity index (χ0v) is 10.7. The highest BCUT2D eigenvalue weighted by atomic mass is 16.4. The second kappa shape index (κ2) is 3.92. The molecule has 0 aromatic carbocycles. The number of carboxylic acid groups (broad SMARTS) is 1. The van der Waals surface area contributed by atoms with Gasteiger partial charge in [0.1, 0.15) is 12.1 Å². The van der Waals surface area contributed by atoms with Crippen LogP contribution in [0.25, 0.3) is 0 Å². The van der Waals surface area contributed by atoms with Crippen LogP contribution < -0.4 is 4.90 Å². The number of carbonyl (C=O) groups is 1. The van der Waals surface area contributed by atoms with Gasteiger partial charge in [-0.15, -0.1) is 0 Å². The van der Waals surface area contributed by atoms with Gasteiger partial charge in [0.25, 0.3) is 0 Å². The second-order valence-corrected chi connectivity index (χ2v) is 5.86. The quantitative estimate of drug-likeness (QED) is 0.869. The number of fused-ring (bicyclic) bond motifs is 3. The first-order chi connectivity index (χ1) is 9.25. The lowest BCUT2D eigenvalue weighted by atomic mass is 9.89. The molecule has 2 aliphatic heterocycles. The molecule has 2 saturated heterocycles. The highest BCUT2D eigenvalue weighted by Crippen LogP contribution is 2.45. The fourth-order valence-corrected chi connectivity index (χ4v) is 4.15. The zero-order valence-electron chi connectivity index (χ0n) is 10.7. The van der Waals surface area contributed by atoms with Crippen LogP contribution in [-0.2, 0) is 17.6 Å². The number of aromatic nitrogens is 2. The van der Waals surface area contributed by atoms with Crippen molar-refractivity contribution in [2.24, 2.45) is 5.92 Å². The smallest absolute Gasteiger partial charge is 0.308 e. The molecule has 1 aliphatic carbocycles. The van der Waals surface area contributed by atoms with Crippen LogP contribution in [0.1, 0.15) is 36.9 Å². The summed E-state index contributed by atoms with van der Waals surface area (Å²) in [4.78, 5) is 22.5. The van der Waals surface area contributed by atoms with Crippen LogP contribution in [0.3, 0.4) is 0 Å². The molecule has 0 saturated carbocycles. The maximum atomic E-state index is 11.3. The lowest BCUT2D eigenvalue weighted by Gasteiger charge is -2.26. The van der Waals surface area contributed by atoms with Gasteiger partial charge in [0.2, 0.25) is 0 Å². The van der Waals surface area contributed by atoms with Crippen LogP contribution in [-0.4, -0.2) is 33.1 Å². The molecule has 5 heteroatoms. The molecular weight excluding hydrogens is 242 g/mol. The fraction of sp³-hybridized carbons (Fsp3) is 0.643. The van der Waals surface area contributed by atoms with Crippen molar-refractivity contribution in [3.05, 3.63) is 17.6 Å². The van der Waals surface area contributed by atoms with Crippen LogP contribution in [0, 0.1) is 5.92 Å². The summed E-state index contributed by atoms with van der Waals surface area (Å²) < 4.78 is 0. The van der Waals surface area contributed by atoms with Gasteiger partial charge in [-0.1, -0.05) is 0 Å². The molecule has 5 nitrogen and oxygen atoms in total. The van der Waals surface area contributed by atoms with Gasteiger partial charge in [-0.2, -0.15) is 0 Å². The number of hydrogen-bond donors (Lipinski definition) is 1. The molecular formula is C14H17N3O2. The van der Waals surface area contributed by atoms with Gasteiger partial charge in [0.05, 0.1) is 5.92 Å². The van der Waals surface area contributed by atoms with Gasteiger partial charge >= 0.3 is 5.97 Å². The number of nitrogens with zero attached hydrogens (tertiary/aromatic N) is 3. The molecule has 4 rings (SSSR count). The average Bonchev–Trinajstić information content (AvgIpc) is 3.11. The molecule has 2 fully saturated rings. The third kappa shape index (κ3) is 1.50. The Labute approximate surface area is 111 Å². The Morgan fingerprint density at radius 3 is 3.00 bits per heavy atom. The fourth-order valence-electron chi connectivity index (χ4n) is 4.15. The van der Waals surface area contributed by atoms with Gasteiger partial charge in [0, 0.05) is 23.3 Å². The molecule has 0 amide bonds. The van der Waals surface area contributed by atoms with E-state index in [0.29, 0.717) is 6.04 Å². The molecule has 1 aromatic heterocycles. The van der Waals surface area contributed by atoms with Gasteiger partial charge in [-0.3, -0.25) is 4.79 Å². The summed E-state index contributed by atoms with van der Waals surface area (Å²) in [6.07, 6.45) is 7.74. The van der Waals surface area contributed by atoms with Crippen LogP contribution in [0.15, 0.2) is 6.33 Å². The molecule has 0 radical (unpaired) electrons. The first-order valence-electron chi connectivity index (χ1n) is 7.09. The largest absolute Gasteiger partial charge is 0.481 e. The maximum Gasteiger partial charge on any atom is 0.308 e. The minimum absolute atomic E-state index is 0.141. The molecule has 100 valence electrons. The summed E-state index contributed by atoms with van der Waals surface area (Å²) in [5.41, 5.74) is 2.44. The van der Waals surface area contributed by atoms with Crippen LogP contribution in [0.4, 0.5) is 5.82 Å². The Morgan fingerprint density at radius 1 is 1.32 bits per heavy atom. The lowest BCUT2D eigenvalue weighted by Crippen LogP contribution is -2.34. The van der Waals surface area contributed by atoms with E-state index in [1.54, 1.807) is 6.33 Å². The van der Waals surface area contributed by atoms with Gasteiger partial charge < -0.3 is 10.0 Å². The van der Waals surface area contributed by atoms with Crippen molar-refractivity contribution in [2.75, 3.05) is 4.90 Å². The number of hydrogen-bond acceptors (Lipinski definition) is 4. The monoisotopic (exact) mass is 259 g/mol. The molecule has 3 aliphatic rings. The summed E-state index contributed by atoms with van der Waals surface area (Å²) in [7, 11) is 0. The second-order valence-electron chi connectivity index (χ2n) is 5.86. The SMILES string of the molecule is O=C(O)C1CC2CCC1N2c1ncnc2c1CCC2. The predicted molar refractivity (Wildman–Crippen MR) is 69.1 cm³/mol. The lowest BCUT2D eigenvalue weighted by molar-refractivity contribution is -0.142. The van der Waals surface area contributed by atoms with Gasteiger partial charge in [-0.05, 0) is 38.5 Å². The molecule has 1 N–H and O–H groups in total. The van der Waals surface area contributed by atoms with Crippen LogP contribution >= 0.6 is 0 Å². The third-order valence-electron chi connectivity index (χ3n) is 4.95. The van der Waals surface area contributed by atoms with Crippen molar-refractivity contribution >= 4 is 11.8 Å². The molecule has 3 unspecified atom stereocenters. The third-order valence-corrected chi connectivity index (χ3v) is 4.95. The highest BCUT2D eigenvalue weighted by molar-refractivity contribution is 5.74. The van der Waals surface area contributed by atoms with Crippen molar-refractivity contribution in [1.82, 2.24) is 9.97 Å². The Hall–Kier alpha value is -1.65. The first-order valence-corrected chi connectivity index (χ1v) is 7.09. The van der Waals surface area contributed by atoms with Crippen molar-refractivity contribution in [3.63, 3.8) is 0 Å². The Morgan fingerprint density at radius 2 is 2.21 bits per heavy atom. The summed E-state index contributed by atoms with van der Waals surface area (Å²) in [6, 6.07) is 0.507. The number of anilines is 1. The molecule has 3 atom stereocenters. The Balaban J connectivity index is 1.74. The zero-order chi connectivity index (χ0) is 13.0. The van der Waals surface area contributed by atoms with Crippen LogP contribution in [0.5, 0.6) is 0 Å².